The fourth-order valence-electron chi connectivity index (χ4n) is 11.4. The summed E-state index contributed by atoms with van der Waals surface area (Å²) in [6.45, 7) is 15.8. The van der Waals surface area contributed by atoms with Gasteiger partial charge in [0.1, 0.15) is 42.2 Å². The number of Topliss-reactive ketones (excluding diaryl/α,β-unsaturated/α-hetero) is 1. The number of rotatable bonds is 35. The second-order valence-electron chi connectivity index (χ2n) is 26.0. The van der Waals surface area contributed by atoms with E-state index in [2.05, 4.69) is 37.0 Å². The average molecular weight is 1440 g/mol. The van der Waals surface area contributed by atoms with Gasteiger partial charge in [-0.2, -0.15) is 29.0 Å². The molecule has 2 unspecified atom stereocenters. The van der Waals surface area contributed by atoms with Crippen LogP contribution in [-0.4, -0.2) is 181 Å². The number of amides is 7. The second kappa shape index (κ2) is 40.5. The van der Waals surface area contributed by atoms with Crippen LogP contribution in [0.25, 0.3) is 17.1 Å². The molecule has 2 aliphatic rings. The summed E-state index contributed by atoms with van der Waals surface area (Å²) in [7, 11) is 0. The zero-order chi connectivity index (χ0) is 72.2. The van der Waals surface area contributed by atoms with Gasteiger partial charge in [0.15, 0.2) is 0 Å². The molecule has 7 amide bonds. The van der Waals surface area contributed by atoms with Gasteiger partial charge in [-0.3, -0.25) is 33.6 Å². The van der Waals surface area contributed by atoms with E-state index in [9.17, 15) is 48.6 Å². The Hall–Kier alpha value is -6.87. The normalized spacial score (nSPS) is 21.2. The smallest absolute Gasteiger partial charge is 0.431 e. The number of ether oxygens (including phenoxy) is 6. The average Bonchev–Trinajstić information content (AvgIpc) is 1.65. The van der Waals surface area contributed by atoms with Gasteiger partial charge in [0.05, 0.1) is 91.7 Å². The number of aliphatic hydroxyl groups is 2. The van der Waals surface area contributed by atoms with Crippen molar-refractivity contribution in [1.29, 1.82) is 0 Å². The molecule has 2 saturated heterocycles. The van der Waals surface area contributed by atoms with Crippen molar-refractivity contribution in [2.24, 2.45) is 34.8 Å². The van der Waals surface area contributed by atoms with Crippen molar-refractivity contribution in [3.63, 3.8) is 0 Å². The molecule has 0 bridgehead atoms. The summed E-state index contributed by atoms with van der Waals surface area (Å²) in [4.78, 5) is 125. The molecule has 6 rings (SSSR count). The molecule has 2 aromatic heterocycles. The van der Waals surface area contributed by atoms with Crippen LogP contribution in [0.15, 0.2) is 54.2 Å². The molecule has 0 saturated carbocycles. The zero-order valence-electron chi connectivity index (χ0n) is 58.4. The van der Waals surface area contributed by atoms with Crippen molar-refractivity contribution in [3.05, 3.63) is 86.6 Å². The van der Waals surface area contributed by atoms with E-state index < -0.39 is 83.5 Å². The predicted octanol–water partition coefficient (Wildman–Crippen LogP) is 7.33. The number of hydrogen-bond acceptors (Lipinski definition) is 23. The molecule has 0 radical (unpaired) electrons. The SMILES string of the molecule is CSCc1nc2ccc(C(=O)NCCOCCOCCOCCC(=O)N[C@H](C(=O)N[C@@H](CCCNC(N)=O)C(=O)Nc3ccc(COC(=O)NOCc4ncc(/C=C(\C)[C@@H]5CC6O[C@]6(C)CCC[C@H](C)C(CO)[C@@H](C)C(=O)C(C)(C)[C@@H](O)CC(=O)O5)s4)cc3)C(C)C)cc2nc1CSC. The highest BCUT2D eigenvalue weighted by Crippen LogP contribution is 2.45. The van der Waals surface area contributed by atoms with Crippen molar-refractivity contribution in [2.75, 3.05) is 77.2 Å². The summed E-state index contributed by atoms with van der Waals surface area (Å²) < 4.78 is 34.3. The van der Waals surface area contributed by atoms with Crippen LogP contribution in [0.1, 0.15) is 144 Å². The molecule has 99 heavy (non-hydrogen) atoms. The third-order valence-electron chi connectivity index (χ3n) is 17.5. The first-order valence-electron chi connectivity index (χ1n) is 33.4. The summed E-state index contributed by atoms with van der Waals surface area (Å²) >= 11 is 4.65. The minimum atomic E-state index is -1.32. The number of aromatic nitrogens is 3. The minimum Gasteiger partial charge on any atom is -0.458 e. The number of ketones is 1. The molecule has 9 atom stereocenters. The molecule has 27 nitrogen and oxygen atoms in total. The number of nitrogens with zero attached hydrogens (tertiary/aromatic N) is 3. The fraction of sp³-hybridized carbons (Fsp3) is 0.609. The fourth-order valence-corrected chi connectivity index (χ4v) is 13.2. The largest absolute Gasteiger partial charge is 0.458 e. The van der Waals surface area contributed by atoms with E-state index in [1.807, 2.05) is 45.4 Å². The van der Waals surface area contributed by atoms with Gasteiger partial charge in [-0.25, -0.2) is 24.5 Å². The Morgan fingerprint density at radius 2 is 1.54 bits per heavy atom. The number of carbonyl (C=O) groups is 8. The molecule has 10 N–H and O–H groups in total. The molecular weight excluding hydrogens is 1340 g/mol. The Morgan fingerprint density at radius 1 is 0.859 bits per heavy atom. The number of nitrogens with one attached hydrogen (secondary N) is 6. The van der Waals surface area contributed by atoms with Gasteiger partial charge < -0.3 is 71.0 Å². The van der Waals surface area contributed by atoms with Crippen molar-refractivity contribution >= 4 is 105 Å². The first-order chi connectivity index (χ1) is 47.2. The number of thiazole rings is 1. The van der Waals surface area contributed by atoms with E-state index in [1.165, 1.54) is 11.3 Å². The maximum atomic E-state index is 13.8. The van der Waals surface area contributed by atoms with Gasteiger partial charge >= 0.3 is 18.1 Å². The number of aliphatic hydroxyl groups excluding tert-OH is 2. The minimum absolute atomic E-state index is 0.0433. The maximum absolute atomic E-state index is 13.8. The molecule has 2 fully saturated rings. The lowest BCUT2D eigenvalue weighted by molar-refractivity contribution is -0.154. The van der Waals surface area contributed by atoms with Crippen LogP contribution in [0.3, 0.4) is 0 Å². The van der Waals surface area contributed by atoms with Crippen molar-refractivity contribution < 1.29 is 81.8 Å². The number of hydrogen-bond donors (Lipinski definition) is 9. The number of nitrogens with two attached hydrogens (primary N) is 1. The Kier molecular flexibility index (Phi) is 33.2. The topological polar surface area (TPSA) is 382 Å². The lowest BCUT2D eigenvalue weighted by Gasteiger charge is -2.36. The summed E-state index contributed by atoms with van der Waals surface area (Å²) in [6, 6.07) is 8.89. The van der Waals surface area contributed by atoms with Crippen LogP contribution in [0.2, 0.25) is 0 Å². The number of thioether (sulfide) groups is 2. The van der Waals surface area contributed by atoms with Gasteiger partial charge in [0.25, 0.3) is 5.91 Å². The summed E-state index contributed by atoms with van der Waals surface area (Å²) in [5.41, 5.74) is 11.2. The lowest BCUT2D eigenvalue weighted by atomic mass is 9.70. The van der Waals surface area contributed by atoms with E-state index in [4.69, 9.17) is 49.0 Å². The molecule has 4 heterocycles. The van der Waals surface area contributed by atoms with Crippen LogP contribution in [-0.2, 0) is 82.0 Å². The van der Waals surface area contributed by atoms with Crippen LogP contribution in [0.5, 0.6) is 0 Å². The van der Waals surface area contributed by atoms with Gasteiger partial charge in [-0.05, 0) is 111 Å². The number of anilines is 1. The van der Waals surface area contributed by atoms with Crippen LogP contribution >= 0.6 is 34.9 Å². The molecule has 30 heteroatoms. The number of carbonyl (C=O) groups excluding carboxylic acids is 8. The molecule has 2 aromatic carbocycles. The number of esters is 1. The number of epoxide rings is 1. The molecule has 0 spiro atoms. The highest BCUT2D eigenvalue weighted by atomic mass is 32.2. The van der Waals surface area contributed by atoms with E-state index in [-0.39, 0.29) is 114 Å². The number of primary amides is 1. The standard InChI is InChI=1S/C69H100N10O17S3/c1-41(2)61(78-58(82)21-25-90-27-29-92-30-28-91-26-24-71-63(85)46-17-20-50-52(32-46)76-54(40-98-10)53(75-50)39-97-9)65(87)77-51(14-12-23-72-66(70)88)64(86)74-47-18-15-45(16-19-47)37-93-67(89)79-94-38-59-73-35-48(99-59)31-43(4)55-33-57-69(8,96-57)22-11-13-42(3)49(36-80)44(5)62(84)68(6,7)56(81)34-60(83)95-55/h15-20,31-32,35,41-42,44,49,51,55-57,61,80-81H,11-14,21-30,33-34,36-40H2,1-10H3,(H,71,85)(H,74,86)(H,77,87)(H,78,82)(H,79,89)(H3,70,72,88)/b43-31+/t42-,44+,49?,51-,55-,56-,57?,61-,69+/m0/s1. The first kappa shape index (κ1) is 81.1. The van der Waals surface area contributed by atoms with E-state index >= 15 is 0 Å². The van der Waals surface area contributed by atoms with Crippen molar-refractivity contribution in [3.8, 4) is 0 Å². The van der Waals surface area contributed by atoms with Crippen LogP contribution < -0.4 is 37.8 Å². The molecule has 2 aliphatic heterocycles. The first-order valence-corrected chi connectivity index (χ1v) is 37.1. The lowest BCUT2D eigenvalue weighted by Crippen LogP contribution is -2.54. The Balaban J connectivity index is 0.882. The zero-order valence-corrected chi connectivity index (χ0v) is 60.9. The van der Waals surface area contributed by atoms with Gasteiger partial charge in [-0.1, -0.05) is 66.5 Å². The summed E-state index contributed by atoms with van der Waals surface area (Å²) in [6.07, 6.45) is 7.04. The van der Waals surface area contributed by atoms with Crippen molar-refractivity contribution in [1.82, 2.24) is 41.7 Å². The van der Waals surface area contributed by atoms with Gasteiger partial charge in [-0.15, -0.1) is 11.3 Å². The highest BCUT2D eigenvalue weighted by Gasteiger charge is 2.53. The van der Waals surface area contributed by atoms with E-state index in [0.29, 0.717) is 52.5 Å². The second-order valence-corrected chi connectivity index (χ2v) is 28.8. The number of fused-ring (bicyclic) bond motifs is 2. The predicted molar refractivity (Wildman–Crippen MR) is 378 cm³/mol. The third-order valence-corrected chi connectivity index (χ3v) is 19.6. The maximum Gasteiger partial charge on any atom is 0.431 e. The summed E-state index contributed by atoms with van der Waals surface area (Å²) in [5.74, 6) is -2.41. The van der Waals surface area contributed by atoms with Crippen LogP contribution in [0.4, 0.5) is 15.3 Å². The Labute approximate surface area is 591 Å². The Morgan fingerprint density at radius 3 is 2.20 bits per heavy atom. The molecule has 546 valence electrons. The van der Waals surface area contributed by atoms with Gasteiger partial charge in [0.2, 0.25) is 17.7 Å². The van der Waals surface area contributed by atoms with Gasteiger partial charge in [0, 0.05) is 72.3 Å². The number of benzene rings is 2. The monoisotopic (exact) mass is 1440 g/mol. The highest BCUT2D eigenvalue weighted by molar-refractivity contribution is 7.98. The molecular formula is C69H100N10O17S3. The van der Waals surface area contributed by atoms with Crippen LogP contribution in [0, 0.1) is 29.1 Å². The summed E-state index contributed by atoms with van der Waals surface area (Å²) in [5, 5.41) is 35.7. The molecule has 0 aliphatic carbocycles. The number of urea groups is 1. The quantitative estimate of drug-likeness (QED) is 0.00942. The third kappa shape index (κ3) is 26.2. The van der Waals surface area contributed by atoms with E-state index in [1.54, 1.807) is 101 Å². The molecule has 4 aromatic rings. The van der Waals surface area contributed by atoms with E-state index in [0.717, 1.165) is 52.5 Å². The van der Waals surface area contributed by atoms with Crippen molar-refractivity contribution in [2.45, 2.75) is 167 Å². The number of hydroxylamine groups is 1. The number of cyclic esters (lactones) is 1. The Bertz CT molecular complexity index is 3360.